The molecule has 0 unspecified atom stereocenters. The number of alkyl halides is 3. The Bertz CT molecular complexity index is 159. The zero-order valence-electron chi connectivity index (χ0n) is 6.99. The lowest BCUT2D eigenvalue weighted by molar-refractivity contribution is -0.198. The van der Waals surface area contributed by atoms with Gasteiger partial charge in [-0.3, -0.25) is 0 Å². The molecule has 2 atom stereocenters. The molecular formula is C8H13F3O. The Morgan fingerprint density at radius 2 is 2.00 bits per heavy atom. The fourth-order valence-electron chi connectivity index (χ4n) is 1.74. The maximum absolute atomic E-state index is 12.2. The summed E-state index contributed by atoms with van der Waals surface area (Å²) < 4.78 is 36.5. The van der Waals surface area contributed by atoms with Crippen LogP contribution < -0.4 is 0 Å². The molecule has 0 spiro atoms. The van der Waals surface area contributed by atoms with E-state index in [2.05, 4.69) is 0 Å². The van der Waals surface area contributed by atoms with Gasteiger partial charge in [0.15, 0.2) is 0 Å². The molecule has 1 aliphatic rings. The maximum atomic E-state index is 12.2. The molecule has 4 heteroatoms. The molecule has 1 nitrogen and oxygen atoms in total. The summed E-state index contributed by atoms with van der Waals surface area (Å²) in [6.45, 7) is 1.48. The summed E-state index contributed by atoms with van der Waals surface area (Å²) in [5, 5.41) is 9.41. The minimum absolute atomic E-state index is 0.142. The molecule has 0 bridgehead atoms. The Morgan fingerprint density at radius 3 is 2.33 bits per heavy atom. The molecule has 0 aromatic heterocycles. The first kappa shape index (κ1) is 9.84. The van der Waals surface area contributed by atoms with Crippen molar-refractivity contribution in [2.45, 2.75) is 44.4 Å². The molecule has 0 heterocycles. The van der Waals surface area contributed by atoms with Gasteiger partial charge in [-0.05, 0) is 32.6 Å². The van der Waals surface area contributed by atoms with Gasteiger partial charge in [0.05, 0.1) is 11.5 Å². The predicted octanol–water partition coefficient (Wildman–Crippen LogP) is 2.49. The third kappa shape index (κ3) is 2.37. The maximum Gasteiger partial charge on any atom is 0.391 e. The molecule has 0 radical (unpaired) electrons. The quantitative estimate of drug-likeness (QED) is 0.610. The summed E-state index contributed by atoms with van der Waals surface area (Å²) in [5.74, 6) is -1.30. The van der Waals surface area contributed by atoms with Crippen LogP contribution in [0.25, 0.3) is 0 Å². The fourth-order valence-corrected chi connectivity index (χ4v) is 1.74. The largest absolute Gasteiger partial charge is 0.391 e. The van der Waals surface area contributed by atoms with Crippen molar-refractivity contribution in [3.8, 4) is 0 Å². The first-order chi connectivity index (χ1) is 5.31. The molecule has 0 saturated heterocycles. The van der Waals surface area contributed by atoms with Crippen molar-refractivity contribution in [1.82, 2.24) is 0 Å². The van der Waals surface area contributed by atoms with E-state index < -0.39 is 17.7 Å². The molecule has 0 aromatic carbocycles. The summed E-state index contributed by atoms with van der Waals surface area (Å²) in [5.41, 5.74) is -1.11. The average Bonchev–Trinajstić information content (AvgIpc) is 1.83. The monoisotopic (exact) mass is 182 g/mol. The second-order valence-electron chi connectivity index (χ2n) is 3.83. The van der Waals surface area contributed by atoms with Crippen LogP contribution in [0.1, 0.15) is 32.6 Å². The number of hydrogen-bond donors (Lipinski definition) is 1. The number of rotatable bonds is 0. The Kier molecular flexibility index (Phi) is 2.38. The lowest BCUT2D eigenvalue weighted by atomic mass is 9.79. The van der Waals surface area contributed by atoms with Crippen LogP contribution >= 0.6 is 0 Å². The van der Waals surface area contributed by atoms with Gasteiger partial charge in [-0.25, -0.2) is 0 Å². The van der Waals surface area contributed by atoms with Crippen LogP contribution in [0.2, 0.25) is 0 Å². The average molecular weight is 182 g/mol. The minimum Gasteiger partial charge on any atom is -0.390 e. The molecule has 12 heavy (non-hydrogen) atoms. The van der Waals surface area contributed by atoms with E-state index >= 15 is 0 Å². The number of hydrogen-bond acceptors (Lipinski definition) is 1. The molecule has 1 N–H and O–H groups in total. The van der Waals surface area contributed by atoms with E-state index in [-0.39, 0.29) is 12.8 Å². The smallest absolute Gasteiger partial charge is 0.390 e. The second kappa shape index (κ2) is 2.91. The molecule has 0 aliphatic heterocycles. The van der Waals surface area contributed by atoms with Crippen molar-refractivity contribution in [3.05, 3.63) is 0 Å². The summed E-state index contributed by atoms with van der Waals surface area (Å²) in [6.07, 6.45) is -3.16. The van der Waals surface area contributed by atoms with E-state index in [1.807, 2.05) is 0 Å². The lowest BCUT2D eigenvalue weighted by Crippen LogP contribution is -2.37. The van der Waals surface area contributed by atoms with Crippen molar-refractivity contribution >= 4 is 0 Å². The first-order valence-electron chi connectivity index (χ1n) is 4.10. The standard InChI is InChI=1S/C8H13F3O/c1-7(12)4-2-3-6(5-7)8(9,10)11/h6,12H,2-5H2,1H3/t6-,7+/m0/s1. The molecule has 0 amide bonds. The third-order valence-electron chi connectivity index (χ3n) is 2.42. The molecule has 1 saturated carbocycles. The zero-order valence-corrected chi connectivity index (χ0v) is 6.99. The molecular weight excluding hydrogens is 169 g/mol. The van der Waals surface area contributed by atoms with Gasteiger partial charge in [0.2, 0.25) is 0 Å². The predicted molar refractivity (Wildman–Crippen MR) is 38.6 cm³/mol. The van der Waals surface area contributed by atoms with Crippen molar-refractivity contribution in [2.24, 2.45) is 5.92 Å². The van der Waals surface area contributed by atoms with E-state index in [4.69, 9.17) is 0 Å². The van der Waals surface area contributed by atoms with Crippen molar-refractivity contribution in [2.75, 3.05) is 0 Å². The second-order valence-corrected chi connectivity index (χ2v) is 3.83. The van der Waals surface area contributed by atoms with Crippen molar-refractivity contribution < 1.29 is 18.3 Å². The highest BCUT2D eigenvalue weighted by atomic mass is 19.4. The molecule has 1 rings (SSSR count). The van der Waals surface area contributed by atoms with E-state index in [9.17, 15) is 18.3 Å². The van der Waals surface area contributed by atoms with Gasteiger partial charge in [-0.2, -0.15) is 13.2 Å². The van der Waals surface area contributed by atoms with Gasteiger partial charge in [0.1, 0.15) is 0 Å². The number of aliphatic hydroxyl groups is 1. The third-order valence-corrected chi connectivity index (χ3v) is 2.42. The van der Waals surface area contributed by atoms with Crippen molar-refractivity contribution in [1.29, 1.82) is 0 Å². The normalized spacial score (nSPS) is 38.2. The SMILES string of the molecule is C[C@@]1(O)CCC[C@H](C(F)(F)F)C1. The van der Waals surface area contributed by atoms with Gasteiger partial charge in [-0.15, -0.1) is 0 Å². The van der Waals surface area contributed by atoms with Gasteiger partial charge in [0, 0.05) is 0 Å². The number of halogens is 3. The molecule has 72 valence electrons. The Labute approximate surface area is 69.6 Å². The van der Waals surface area contributed by atoms with Crippen LogP contribution in [0.3, 0.4) is 0 Å². The molecule has 0 aromatic rings. The van der Waals surface area contributed by atoms with Crippen LogP contribution in [0.4, 0.5) is 13.2 Å². The van der Waals surface area contributed by atoms with E-state index in [1.165, 1.54) is 6.92 Å². The molecule has 1 fully saturated rings. The summed E-state index contributed by atoms with van der Waals surface area (Å²) in [4.78, 5) is 0. The fraction of sp³-hybridized carbons (Fsp3) is 1.00. The summed E-state index contributed by atoms with van der Waals surface area (Å²) in [6, 6.07) is 0. The van der Waals surface area contributed by atoms with E-state index in [0.717, 1.165) is 0 Å². The highest BCUT2D eigenvalue weighted by Gasteiger charge is 2.45. The van der Waals surface area contributed by atoms with Crippen LogP contribution in [0.15, 0.2) is 0 Å². The topological polar surface area (TPSA) is 20.2 Å². The lowest BCUT2D eigenvalue weighted by Gasteiger charge is -2.34. The van der Waals surface area contributed by atoms with Gasteiger partial charge in [-0.1, -0.05) is 0 Å². The molecule has 1 aliphatic carbocycles. The highest BCUT2D eigenvalue weighted by Crippen LogP contribution is 2.41. The van der Waals surface area contributed by atoms with Gasteiger partial charge in [0.25, 0.3) is 0 Å². The van der Waals surface area contributed by atoms with Crippen LogP contribution in [0.5, 0.6) is 0 Å². The highest BCUT2D eigenvalue weighted by molar-refractivity contribution is 4.85. The Morgan fingerprint density at radius 1 is 1.42 bits per heavy atom. The van der Waals surface area contributed by atoms with Gasteiger partial charge >= 0.3 is 6.18 Å². The van der Waals surface area contributed by atoms with E-state index in [1.54, 1.807) is 0 Å². The Hall–Kier alpha value is -0.250. The van der Waals surface area contributed by atoms with E-state index in [0.29, 0.717) is 12.8 Å². The van der Waals surface area contributed by atoms with Crippen molar-refractivity contribution in [3.63, 3.8) is 0 Å². The van der Waals surface area contributed by atoms with Crippen LogP contribution in [-0.2, 0) is 0 Å². The first-order valence-corrected chi connectivity index (χ1v) is 4.10. The van der Waals surface area contributed by atoms with Crippen LogP contribution in [-0.4, -0.2) is 16.9 Å². The zero-order chi connectivity index (χ0) is 9.41. The summed E-state index contributed by atoms with van der Waals surface area (Å²) >= 11 is 0. The van der Waals surface area contributed by atoms with Gasteiger partial charge < -0.3 is 5.11 Å². The Balaban J connectivity index is 2.58. The minimum atomic E-state index is -4.13. The summed E-state index contributed by atoms with van der Waals surface area (Å²) in [7, 11) is 0. The van der Waals surface area contributed by atoms with Crippen LogP contribution in [0, 0.1) is 5.92 Å².